The maximum absolute atomic E-state index is 12.4. The number of nitrogens with zero attached hydrogens (tertiary/aromatic N) is 1. The predicted octanol–water partition coefficient (Wildman–Crippen LogP) is 2.07. The van der Waals surface area contributed by atoms with Gasteiger partial charge in [0, 0.05) is 12.1 Å². The zero-order valence-corrected chi connectivity index (χ0v) is 13.0. The van der Waals surface area contributed by atoms with E-state index in [0.717, 1.165) is 30.6 Å². The average Bonchev–Trinajstić information content (AvgIpc) is 2.79. The third-order valence-corrected chi connectivity index (χ3v) is 5.01. The zero-order chi connectivity index (χ0) is 16.4. The van der Waals surface area contributed by atoms with Crippen LogP contribution in [0.5, 0.6) is 0 Å². The lowest BCUT2D eigenvalue weighted by Crippen LogP contribution is -2.58. The Hall–Kier alpha value is -0.820. The van der Waals surface area contributed by atoms with Gasteiger partial charge in [-0.05, 0) is 32.1 Å². The van der Waals surface area contributed by atoms with Gasteiger partial charge in [-0.15, -0.1) is 0 Å². The van der Waals surface area contributed by atoms with Gasteiger partial charge >= 0.3 is 6.18 Å². The third kappa shape index (κ3) is 4.13. The van der Waals surface area contributed by atoms with Gasteiger partial charge in [-0.25, -0.2) is 0 Å². The van der Waals surface area contributed by atoms with E-state index in [4.69, 9.17) is 0 Å². The lowest BCUT2D eigenvalue weighted by atomic mass is 9.75. The van der Waals surface area contributed by atoms with Crippen LogP contribution in [0.15, 0.2) is 0 Å². The van der Waals surface area contributed by atoms with E-state index in [-0.39, 0.29) is 19.1 Å². The van der Waals surface area contributed by atoms with Crippen molar-refractivity contribution in [3.63, 3.8) is 0 Å². The number of aliphatic hydroxyl groups excluding tert-OH is 1. The fourth-order valence-electron chi connectivity index (χ4n) is 3.68. The largest absolute Gasteiger partial charge is 0.406 e. The SMILES string of the molecule is C[C@@](CO)(N[C@H]1CCN(CC(F)(F)F)C1=O)C1CCCCC1. The molecule has 2 fully saturated rings. The number of hydrogen-bond acceptors (Lipinski definition) is 3. The van der Waals surface area contributed by atoms with E-state index in [1.54, 1.807) is 0 Å². The molecule has 1 aliphatic carbocycles. The second kappa shape index (κ2) is 6.74. The number of likely N-dealkylation sites (tertiary alicyclic amines) is 1. The Morgan fingerprint density at radius 3 is 2.41 bits per heavy atom. The van der Waals surface area contributed by atoms with E-state index in [1.165, 1.54) is 6.42 Å². The average molecular weight is 322 g/mol. The van der Waals surface area contributed by atoms with Crippen molar-refractivity contribution in [1.29, 1.82) is 0 Å². The van der Waals surface area contributed by atoms with Crippen LogP contribution in [0.25, 0.3) is 0 Å². The number of rotatable bonds is 5. The summed E-state index contributed by atoms with van der Waals surface area (Å²) >= 11 is 0. The van der Waals surface area contributed by atoms with Crippen molar-refractivity contribution in [3.8, 4) is 0 Å². The number of alkyl halides is 3. The first-order valence-corrected chi connectivity index (χ1v) is 7.99. The molecule has 0 aromatic carbocycles. The van der Waals surface area contributed by atoms with Gasteiger partial charge in [-0.2, -0.15) is 13.2 Å². The van der Waals surface area contributed by atoms with E-state index in [9.17, 15) is 23.1 Å². The predicted molar refractivity (Wildman–Crippen MR) is 76.2 cm³/mol. The van der Waals surface area contributed by atoms with E-state index in [1.807, 2.05) is 6.92 Å². The highest BCUT2D eigenvalue weighted by molar-refractivity contribution is 5.84. The lowest BCUT2D eigenvalue weighted by Gasteiger charge is -2.41. The van der Waals surface area contributed by atoms with Crippen molar-refractivity contribution in [2.45, 2.75) is 63.2 Å². The maximum atomic E-state index is 12.4. The molecule has 0 spiro atoms. The van der Waals surface area contributed by atoms with E-state index in [2.05, 4.69) is 5.32 Å². The minimum absolute atomic E-state index is 0.110. The van der Waals surface area contributed by atoms with Crippen LogP contribution in [-0.2, 0) is 4.79 Å². The summed E-state index contributed by atoms with van der Waals surface area (Å²) in [6, 6.07) is -0.624. The molecule has 0 bridgehead atoms. The normalized spacial score (nSPS) is 27.2. The first-order valence-electron chi connectivity index (χ1n) is 7.99. The molecule has 22 heavy (non-hydrogen) atoms. The Morgan fingerprint density at radius 2 is 1.86 bits per heavy atom. The molecule has 1 saturated carbocycles. The molecule has 2 N–H and O–H groups in total. The Bertz CT molecular complexity index is 397. The van der Waals surface area contributed by atoms with Crippen LogP contribution in [0.1, 0.15) is 45.4 Å². The van der Waals surface area contributed by atoms with E-state index in [0.29, 0.717) is 6.42 Å². The summed E-state index contributed by atoms with van der Waals surface area (Å²) in [5, 5.41) is 12.9. The summed E-state index contributed by atoms with van der Waals surface area (Å²) in [5.41, 5.74) is -0.602. The molecule has 0 radical (unpaired) electrons. The standard InChI is InChI=1S/C15H25F3N2O2/c1-14(10-21,11-5-3-2-4-6-11)19-12-7-8-20(13(12)22)9-15(16,17)18/h11-12,19,21H,2-10H2,1H3/t12-,14-/m0/s1. The van der Waals surface area contributed by atoms with Crippen molar-refractivity contribution < 1.29 is 23.1 Å². The smallest absolute Gasteiger partial charge is 0.394 e. The van der Waals surface area contributed by atoms with Gasteiger partial charge < -0.3 is 10.0 Å². The van der Waals surface area contributed by atoms with Gasteiger partial charge in [0.05, 0.1) is 12.6 Å². The molecule has 2 rings (SSSR count). The number of nitrogens with one attached hydrogen (secondary N) is 1. The molecular formula is C15H25F3N2O2. The first kappa shape index (κ1) is 17.5. The summed E-state index contributed by atoms with van der Waals surface area (Å²) in [4.78, 5) is 13.0. The Morgan fingerprint density at radius 1 is 1.23 bits per heavy atom. The highest BCUT2D eigenvalue weighted by atomic mass is 19.4. The van der Waals surface area contributed by atoms with Gasteiger partial charge in [0.25, 0.3) is 0 Å². The summed E-state index contributed by atoms with van der Waals surface area (Å²) in [5.74, 6) is -0.247. The number of amides is 1. The molecule has 0 unspecified atom stereocenters. The summed E-state index contributed by atoms with van der Waals surface area (Å²) in [6.45, 7) is 0.689. The lowest BCUT2D eigenvalue weighted by molar-refractivity contribution is -0.158. The fraction of sp³-hybridized carbons (Fsp3) is 0.933. The molecule has 128 valence electrons. The van der Waals surface area contributed by atoms with Crippen molar-refractivity contribution in [3.05, 3.63) is 0 Å². The molecule has 1 aliphatic heterocycles. The number of hydrogen-bond donors (Lipinski definition) is 2. The van der Waals surface area contributed by atoms with Crippen LogP contribution < -0.4 is 5.32 Å². The Kier molecular flexibility index (Phi) is 5.37. The first-order chi connectivity index (χ1) is 10.2. The second-order valence-electron chi connectivity index (χ2n) is 6.77. The van der Waals surface area contributed by atoms with Crippen LogP contribution in [0.3, 0.4) is 0 Å². The molecule has 0 aromatic heterocycles. The Labute approximate surface area is 129 Å². The molecule has 1 amide bonds. The fourth-order valence-corrected chi connectivity index (χ4v) is 3.68. The van der Waals surface area contributed by atoms with Crippen molar-refractivity contribution >= 4 is 5.91 Å². The minimum Gasteiger partial charge on any atom is -0.394 e. The van der Waals surface area contributed by atoms with Crippen LogP contribution >= 0.6 is 0 Å². The highest BCUT2D eigenvalue weighted by Crippen LogP contribution is 2.33. The van der Waals surface area contributed by atoms with Crippen molar-refractivity contribution in [1.82, 2.24) is 10.2 Å². The number of aliphatic hydroxyl groups is 1. The maximum Gasteiger partial charge on any atom is 0.406 e. The van der Waals surface area contributed by atoms with Gasteiger partial charge in [0.1, 0.15) is 6.54 Å². The summed E-state index contributed by atoms with van der Waals surface area (Å²) in [6.07, 6.45) is 1.33. The van der Waals surface area contributed by atoms with Gasteiger partial charge in [-0.3, -0.25) is 10.1 Å². The number of carbonyl (C=O) groups excluding carboxylic acids is 1. The molecule has 1 heterocycles. The Balaban J connectivity index is 1.98. The quantitative estimate of drug-likeness (QED) is 0.815. The van der Waals surface area contributed by atoms with Crippen LogP contribution in [-0.4, -0.2) is 53.4 Å². The highest BCUT2D eigenvalue weighted by Gasteiger charge is 2.43. The number of carbonyl (C=O) groups is 1. The monoisotopic (exact) mass is 322 g/mol. The third-order valence-electron chi connectivity index (χ3n) is 5.01. The van der Waals surface area contributed by atoms with Crippen LogP contribution in [0.2, 0.25) is 0 Å². The molecular weight excluding hydrogens is 297 g/mol. The van der Waals surface area contributed by atoms with Gasteiger partial charge in [-0.1, -0.05) is 19.3 Å². The van der Waals surface area contributed by atoms with Crippen molar-refractivity contribution in [2.75, 3.05) is 19.7 Å². The van der Waals surface area contributed by atoms with Crippen LogP contribution in [0, 0.1) is 5.92 Å². The molecule has 7 heteroatoms. The minimum atomic E-state index is -4.37. The van der Waals surface area contributed by atoms with Gasteiger partial charge in [0.2, 0.25) is 5.91 Å². The zero-order valence-electron chi connectivity index (χ0n) is 13.0. The van der Waals surface area contributed by atoms with E-state index < -0.39 is 30.2 Å². The van der Waals surface area contributed by atoms with E-state index >= 15 is 0 Å². The summed E-state index contributed by atoms with van der Waals surface area (Å²) in [7, 11) is 0. The molecule has 1 saturated heterocycles. The molecule has 4 nitrogen and oxygen atoms in total. The molecule has 2 atom stereocenters. The summed E-state index contributed by atoms with van der Waals surface area (Å²) < 4.78 is 37.3. The topological polar surface area (TPSA) is 52.6 Å². The van der Waals surface area contributed by atoms with Crippen LogP contribution in [0.4, 0.5) is 13.2 Å². The number of halogens is 3. The van der Waals surface area contributed by atoms with Gasteiger partial charge in [0.15, 0.2) is 0 Å². The molecule has 2 aliphatic rings. The second-order valence-corrected chi connectivity index (χ2v) is 6.77. The van der Waals surface area contributed by atoms with Crippen molar-refractivity contribution in [2.24, 2.45) is 5.92 Å². The molecule has 0 aromatic rings.